The molecule has 120 valence electrons. The van der Waals surface area contributed by atoms with Crippen molar-refractivity contribution < 1.29 is 0 Å². The van der Waals surface area contributed by atoms with E-state index in [9.17, 15) is 0 Å². The van der Waals surface area contributed by atoms with Gasteiger partial charge in [-0.05, 0) is 38.9 Å². The molecular weight excluding hydrogens is 260 g/mol. The van der Waals surface area contributed by atoms with Crippen molar-refractivity contribution in [2.24, 2.45) is 0 Å². The third kappa shape index (κ3) is 4.83. The summed E-state index contributed by atoms with van der Waals surface area (Å²) >= 11 is 0. The van der Waals surface area contributed by atoms with Crippen LogP contribution in [0.2, 0.25) is 0 Å². The summed E-state index contributed by atoms with van der Waals surface area (Å²) in [7, 11) is 2.21. The zero-order valence-corrected chi connectivity index (χ0v) is 14.2. The molecule has 2 heterocycles. The molecule has 1 saturated heterocycles. The summed E-state index contributed by atoms with van der Waals surface area (Å²) in [5.74, 6) is 0. The maximum Gasteiger partial charge on any atom is 0.0278 e. The second-order valence-electron chi connectivity index (χ2n) is 6.96. The topological polar surface area (TPSA) is 23.4 Å². The van der Waals surface area contributed by atoms with E-state index in [1.807, 2.05) is 0 Å². The number of hydrogen-bond acceptors (Lipinski definition) is 3. The minimum atomic E-state index is 0.229. The molecule has 21 heavy (non-hydrogen) atoms. The molecule has 0 aromatic carbocycles. The molecule has 0 amide bonds. The van der Waals surface area contributed by atoms with Crippen molar-refractivity contribution in [1.29, 1.82) is 0 Å². The highest BCUT2D eigenvalue weighted by molar-refractivity contribution is 5.10. The van der Waals surface area contributed by atoms with E-state index in [1.54, 1.807) is 0 Å². The minimum Gasteiger partial charge on any atom is -0.354 e. The predicted molar refractivity (Wildman–Crippen MR) is 89.6 cm³/mol. The number of aryl methyl sites for hydroxylation is 1. The van der Waals surface area contributed by atoms with E-state index in [1.165, 1.54) is 38.2 Å². The average Bonchev–Trinajstić information content (AvgIpc) is 2.87. The van der Waals surface area contributed by atoms with Crippen LogP contribution in [0.25, 0.3) is 0 Å². The molecule has 0 aliphatic carbocycles. The Morgan fingerprint density at radius 1 is 1.19 bits per heavy atom. The Kier molecular flexibility index (Phi) is 5.85. The van der Waals surface area contributed by atoms with Gasteiger partial charge in [0, 0.05) is 63.7 Å². The van der Waals surface area contributed by atoms with Gasteiger partial charge in [0.25, 0.3) is 0 Å². The molecule has 1 aliphatic heterocycles. The first kappa shape index (κ1) is 16.5. The van der Waals surface area contributed by atoms with E-state index in [4.69, 9.17) is 0 Å². The Morgan fingerprint density at radius 3 is 2.57 bits per heavy atom. The smallest absolute Gasteiger partial charge is 0.0278 e. The summed E-state index contributed by atoms with van der Waals surface area (Å²) in [4.78, 5) is 5.03. The third-order valence-electron chi connectivity index (χ3n) is 4.54. The first-order chi connectivity index (χ1) is 10.0. The van der Waals surface area contributed by atoms with Crippen LogP contribution in [-0.4, -0.2) is 59.7 Å². The van der Waals surface area contributed by atoms with Gasteiger partial charge < -0.3 is 14.8 Å². The Hall–Kier alpha value is -0.840. The van der Waals surface area contributed by atoms with Crippen LogP contribution in [0.4, 0.5) is 0 Å². The van der Waals surface area contributed by atoms with Gasteiger partial charge >= 0.3 is 0 Å². The number of rotatable bonds is 7. The van der Waals surface area contributed by atoms with Crippen molar-refractivity contribution >= 4 is 0 Å². The van der Waals surface area contributed by atoms with E-state index >= 15 is 0 Å². The second kappa shape index (κ2) is 7.43. The highest BCUT2D eigenvalue weighted by Crippen LogP contribution is 2.16. The lowest BCUT2D eigenvalue weighted by atomic mass is 10.0. The van der Waals surface area contributed by atoms with Gasteiger partial charge in [-0.1, -0.05) is 6.92 Å². The lowest BCUT2D eigenvalue weighted by Gasteiger charge is -2.43. The summed E-state index contributed by atoms with van der Waals surface area (Å²) < 4.78 is 2.28. The molecule has 4 nitrogen and oxygen atoms in total. The van der Waals surface area contributed by atoms with Crippen molar-refractivity contribution in [3.63, 3.8) is 0 Å². The average molecular weight is 292 g/mol. The molecule has 0 spiro atoms. The van der Waals surface area contributed by atoms with Crippen molar-refractivity contribution in [1.82, 2.24) is 19.7 Å². The van der Waals surface area contributed by atoms with Crippen molar-refractivity contribution in [2.45, 2.75) is 45.8 Å². The summed E-state index contributed by atoms with van der Waals surface area (Å²) in [6.45, 7) is 14.8. The van der Waals surface area contributed by atoms with E-state index < -0.39 is 0 Å². The molecule has 4 heteroatoms. The van der Waals surface area contributed by atoms with Crippen LogP contribution in [0.1, 0.15) is 32.8 Å². The molecule has 1 aromatic heterocycles. The Morgan fingerprint density at radius 2 is 1.90 bits per heavy atom. The summed E-state index contributed by atoms with van der Waals surface area (Å²) in [6.07, 6.45) is 5.64. The van der Waals surface area contributed by atoms with Crippen LogP contribution in [0, 0.1) is 0 Å². The van der Waals surface area contributed by atoms with E-state index in [-0.39, 0.29) is 5.54 Å². The van der Waals surface area contributed by atoms with Gasteiger partial charge in [-0.2, -0.15) is 0 Å². The zero-order valence-electron chi connectivity index (χ0n) is 14.2. The quantitative estimate of drug-likeness (QED) is 0.831. The molecular formula is C17H32N4. The number of nitrogens with one attached hydrogen (secondary N) is 1. The normalized spacial score (nSPS) is 18.3. The molecule has 0 bridgehead atoms. The first-order valence-electron chi connectivity index (χ1n) is 8.30. The van der Waals surface area contributed by atoms with Crippen molar-refractivity contribution in [3.05, 3.63) is 24.0 Å². The number of hydrogen-bond donors (Lipinski definition) is 1. The Labute approximate surface area is 130 Å². The highest BCUT2D eigenvalue weighted by atomic mass is 15.3. The predicted octanol–water partition coefficient (Wildman–Crippen LogP) is 2.01. The first-order valence-corrected chi connectivity index (χ1v) is 8.30. The van der Waals surface area contributed by atoms with Gasteiger partial charge in [-0.15, -0.1) is 0 Å². The van der Waals surface area contributed by atoms with Gasteiger partial charge in [0.15, 0.2) is 0 Å². The fourth-order valence-corrected chi connectivity index (χ4v) is 3.03. The zero-order chi connectivity index (χ0) is 15.3. The van der Waals surface area contributed by atoms with Crippen LogP contribution < -0.4 is 5.32 Å². The molecule has 0 atom stereocenters. The van der Waals surface area contributed by atoms with Crippen LogP contribution in [0.15, 0.2) is 18.5 Å². The summed E-state index contributed by atoms with van der Waals surface area (Å²) in [5, 5.41) is 3.64. The number of piperazine rings is 1. The number of likely N-dealkylation sites (N-methyl/N-ethyl adjacent to an activating group) is 1. The van der Waals surface area contributed by atoms with E-state index in [0.29, 0.717) is 0 Å². The van der Waals surface area contributed by atoms with Crippen LogP contribution in [-0.2, 0) is 13.1 Å². The summed E-state index contributed by atoms with van der Waals surface area (Å²) in [6, 6.07) is 2.23. The summed E-state index contributed by atoms with van der Waals surface area (Å²) in [5.41, 5.74) is 1.62. The minimum absolute atomic E-state index is 0.229. The monoisotopic (exact) mass is 292 g/mol. The van der Waals surface area contributed by atoms with Crippen LogP contribution in [0.5, 0.6) is 0 Å². The third-order valence-corrected chi connectivity index (χ3v) is 4.54. The van der Waals surface area contributed by atoms with Gasteiger partial charge in [-0.3, -0.25) is 4.90 Å². The molecule has 1 fully saturated rings. The van der Waals surface area contributed by atoms with Gasteiger partial charge in [-0.25, -0.2) is 0 Å². The Balaban J connectivity index is 1.75. The lowest BCUT2D eigenvalue weighted by Crippen LogP contribution is -2.57. The molecule has 1 aliphatic rings. The second-order valence-corrected chi connectivity index (χ2v) is 6.96. The molecule has 2 rings (SSSR count). The van der Waals surface area contributed by atoms with Crippen LogP contribution in [0.3, 0.4) is 0 Å². The molecule has 0 saturated carbocycles. The van der Waals surface area contributed by atoms with E-state index in [2.05, 4.69) is 66.0 Å². The van der Waals surface area contributed by atoms with Gasteiger partial charge in [0.05, 0.1) is 0 Å². The fraction of sp³-hybridized carbons (Fsp3) is 0.765. The highest BCUT2D eigenvalue weighted by Gasteiger charge is 2.28. The maximum absolute atomic E-state index is 3.64. The van der Waals surface area contributed by atoms with Crippen molar-refractivity contribution in [2.75, 3.05) is 39.8 Å². The standard InChI is InChI=1S/C17H32N4/c1-5-7-20-8-6-16(14-20)13-18-15-17(2,3)21-11-9-19(4)10-12-21/h6,8,14,18H,5,7,9-13,15H2,1-4H3. The fourth-order valence-electron chi connectivity index (χ4n) is 3.03. The molecule has 1 N–H and O–H groups in total. The molecule has 1 aromatic rings. The lowest BCUT2D eigenvalue weighted by molar-refractivity contribution is 0.0618. The van der Waals surface area contributed by atoms with Crippen LogP contribution >= 0.6 is 0 Å². The number of aromatic nitrogens is 1. The molecule has 0 unspecified atom stereocenters. The van der Waals surface area contributed by atoms with Crippen molar-refractivity contribution in [3.8, 4) is 0 Å². The largest absolute Gasteiger partial charge is 0.354 e. The number of nitrogens with zero attached hydrogens (tertiary/aromatic N) is 3. The SMILES string of the molecule is CCCn1ccc(CNCC(C)(C)N2CCN(C)CC2)c1. The van der Waals surface area contributed by atoms with E-state index in [0.717, 1.165) is 19.6 Å². The maximum atomic E-state index is 3.64. The Bertz CT molecular complexity index is 416. The van der Waals surface area contributed by atoms with Gasteiger partial charge in [0.1, 0.15) is 0 Å². The van der Waals surface area contributed by atoms with Gasteiger partial charge in [0.2, 0.25) is 0 Å². The molecule has 0 radical (unpaired) electrons.